The van der Waals surface area contributed by atoms with Crippen molar-refractivity contribution in [3.63, 3.8) is 0 Å². The summed E-state index contributed by atoms with van der Waals surface area (Å²) in [6.45, 7) is 1.35. The van der Waals surface area contributed by atoms with Crippen LogP contribution in [0.5, 0.6) is 5.88 Å². The van der Waals surface area contributed by atoms with Crippen LogP contribution in [0.1, 0.15) is 19.3 Å². The summed E-state index contributed by atoms with van der Waals surface area (Å²) in [5, 5.41) is 0.519. The molecule has 0 saturated carbocycles. The molecule has 1 aromatic rings. The molecule has 5 heteroatoms. The second-order valence-corrected chi connectivity index (χ2v) is 5.06. The maximum absolute atomic E-state index is 5.99. The number of hydrogen-bond acceptors (Lipinski definition) is 3. The molecule has 2 heterocycles. The molecule has 0 spiro atoms. The standard InChI is InChI=1S/C11H13BrClNO2/c12-8-5-10(13)11(14-6-8)16-7-9-3-1-2-4-15-9/h5-6,9H,1-4,7H2. The molecule has 1 aliphatic heterocycles. The van der Waals surface area contributed by atoms with Gasteiger partial charge in [0, 0.05) is 17.3 Å². The summed E-state index contributed by atoms with van der Waals surface area (Å²) in [5.41, 5.74) is 0. The van der Waals surface area contributed by atoms with E-state index in [0.717, 1.165) is 23.9 Å². The summed E-state index contributed by atoms with van der Waals surface area (Å²) in [5.74, 6) is 0.471. The molecule has 0 N–H and O–H groups in total. The fraction of sp³-hybridized carbons (Fsp3) is 0.545. The lowest BCUT2D eigenvalue weighted by molar-refractivity contribution is -0.0119. The van der Waals surface area contributed by atoms with Gasteiger partial charge in [-0.2, -0.15) is 0 Å². The van der Waals surface area contributed by atoms with Crippen molar-refractivity contribution >= 4 is 27.5 Å². The third-order valence-electron chi connectivity index (χ3n) is 2.45. The van der Waals surface area contributed by atoms with Crippen molar-refractivity contribution in [2.24, 2.45) is 0 Å². The highest BCUT2D eigenvalue weighted by Gasteiger charge is 2.15. The Kier molecular flexibility index (Phi) is 4.44. The Morgan fingerprint density at radius 3 is 3.12 bits per heavy atom. The molecule has 88 valence electrons. The molecule has 0 bridgehead atoms. The third-order valence-corrected chi connectivity index (χ3v) is 3.16. The fourth-order valence-corrected chi connectivity index (χ4v) is 2.30. The number of rotatable bonds is 3. The van der Waals surface area contributed by atoms with Gasteiger partial charge in [-0.25, -0.2) is 4.98 Å². The maximum atomic E-state index is 5.99. The smallest absolute Gasteiger partial charge is 0.232 e. The first-order chi connectivity index (χ1) is 7.75. The molecule has 1 fully saturated rings. The predicted molar refractivity (Wildman–Crippen MR) is 66.0 cm³/mol. The van der Waals surface area contributed by atoms with E-state index >= 15 is 0 Å². The van der Waals surface area contributed by atoms with Crippen LogP contribution < -0.4 is 4.74 Å². The van der Waals surface area contributed by atoms with Crippen molar-refractivity contribution in [2.45, 2.75) is 25.4 Å². The lowest BCUT2D eigenvalue weighted by atomic mass is 10.1. The SMILES string of the molecule is Clc1cc(Br)cnc1OCC1CCCCO1. The Balaban J connectivity index is 1.88. The zero-order valence-corrected chi connectivity index (χ0v) is 11.1. The predicted octanol–water partition coefficient (Wildman–Crippen LogP) is 3.45. The van der Waals surface area contributed by atoms with Crippen LogP contribution in [-0.4, -0.2) is 24.3 Å². The minimum atomic E-state index is 0.176. The molecule has 0 radical (unpaired) electrons. The summed E-state index contributed by atoms with van der Waals surface area (Å²) >= 11 is 9.29. The first kappa shape index (κ1) is 12.1. The molecule has 1 saturated heterocycles. The highest BCUT2D eigenvalue weighted by molar-refractivity contribution is 9.10. The van der Waals surface area contributed by atoms with Crippen LogP contribution in [0.25, 0.3) is 0 Å². The number of pyridine rings is 1. The van der Waals surface area contributed by atoms with E-state index in [1.54, 1.807) is 12.3 Å². The van der Waals surface area contributed by atoms with Crippen LogP contribution in [0, 0.1) is 0 Å². The Hall–Kier alpha value is -0.320. The largest absolute Gasteiger partial charge is 0.474 e. The van der Waals surface area contributed by atoms with Gasteiger partial charge in [0.25, 0.3) is 0 Å². The monoisotopic (exact) mass is 305 g/mol. The molecule has 16 heavy (non-hydrogen) atoms. The van der Waals surface area contributed by atoms with Crippen LogP contribution in [0.2, 0.25) is 5.02 Å². The molecule has 1 unspecified atom stereocenters. The topological polar surface area (TPSA) is 31.4 Å². The van der Waals surface area contributed by atoms with E-state index in [4.69, 9.17) is 21.1 Å². The van der Waals surface area contributed by atoms with Gasteiger partial charge in [0.15, 0.2) is 0 Å². The summed E-state index contributed by atoms with van der Waals surface area (Å²) in [6.07, 6.45) is 5.25. The first-order valence-electron chi connectivity index (χ1n) is 5.31. The van der Waals surface area contributed by atoms with E-state index in [-0.39, 0.29) is 6.10 Å². The molecule has 1 aliphatic rings. The molecule has 1 aromatic heterocycles. The van der Waals surface area contributed by atoms with Crippen molar-refractivity contribution in [3.8, 4) is 5.88 Å². The van der Waals surface area contributed by atoms with Gasteiger partial charge >= 0.3 is 0 Å². The molecule has 1 atom stereocenters. The van der Waals surface area contributed by atoms with Gasteiger partial charge in [-0.3, -0.25) is 0 Å². The van der Waals surface area contributed by atoms with Gasteiger partial charge in [0.2, 0.25) is 5.88 Å². The second-order valence-electron chi connectivity index (χ2n) is 3.74. The van der Waals surface area contributed by atoms with E-state index in [1.807, 2.05) is 0 Å². The van der Waals surface area contributed by atoms with Crippen LogP contribution in [0.4, 0.5) is 0 Å². The van der Waals surface area contributed by atoms with E-state index in [0.29, 0.717) is 17.5 Å². The second kappa shape index (κ2) is 5.84. The summed E-state index contributed by atoms with van der Waals surface area (Å²) in [7, 11) is 0. The first-order valence-corrected chi connectivity index (χ1v) is 6.48. The molecule has 0 amide bonds. The van der Waals surface area contributed by atoms with Gasteiger partial charge in [-0.1, -0.05) is 11.6 Å². The van der Waals surface area contributed by atoms with Crippen molar-refractivity contribution < 1.29 is 9.47 Å². The van der Waals surface area contributed by atoms with Crippen LogP contribution in [0.3, 0.4) is 0 Å². The highest BCUT2D eigenvalue weighted by Crippen LogP contribution is 2.25. The van der Waals surface area contributed by atoms with E-state index in [2.05, 4.69) is 20.9 Å². The van der Waals surface area contributed by atoms with Gasteiger partial charge < -0.3 is 9.47 Å². The average Bonchev–Trinajstić information content (AvgIpc) is 2.29. The van der Waals surface area contributed by atoms with E-state index < -0.39 is 0 Å². The van der Waals surface area contributed by atoms with Crippen molar-refractivity contribution in [3.05, 3.63) is 21.8 Å². The quantitative estimate of drug-likeness (QED) is 0.857. The van der Waals surface area contributed by atoms with Crippen molar-refractivity contribution in [1.82, 2.24) is 4.98 Å². The van der Waals surface area contributed by atoms with Crippen molar-refractivity contribution in [2.75, 3.05) is 13.2 Å². The van der Waals surface area contributed by atoms with Gasteiger partial charge in [0.05, 0.1) is 6.10 Å². The van der Waals surface area contributed by atoms with Crippen molar-refractivity contribution in [1.29, 1.82) is 0 Å². The third kappa shape index (κ3) is 3.34. The lowest BCUT2D eigenvalue weighted by Gasteiger charge is -2.22. The number of nitrogens with zero attached hydrogens (tertiary/aromatic N) is 1. The zero-order chi connectivity index (χ0) is 11.4. The molecular formula is C11H13BrClNO2. The Bertz CT molecular complexity index is 356. The minimum Gasteiger partial charge on any atom is -0.474 e. The Morgan fingerprint density at radius 1 is 1.56 bits per heavy atom. The number of ether oxygens (including phenoxy) is 2. The number of aromatic nitrogens is 1. The Labute approximate surface area is 108 Å². The van der Waals surface area contributed by atoms with Crippen LogP contribution in [0.15, 0.2) is 16.7 Å². The van der Waals surface area contributed by atoms with Crippen LogP contribution in [-0.2, 0) is 4.74 Å². The highest BCUT2D eigenvalue weighted by atomic mass is 79.9. The molecular weight excluding hydrogens is 293 g/mol. The number of halogens is 2. The van der Waals surface area contributed by atoms with Gasteiger partial charge in [-0.05, 0) is 41.3 Å². The summed E-state index contributed by atoms with van der Waals surface area (Å²) in [4.78, 5) is 4.11. The maximum Gasteiger partial charge on any atom is 0.232 e. The summed E-state index contributed by atoms with van der Waals surface area (Å²) < 4.78 is 11.9. The fourth-order valence-electron chi connectivity index (χ4n) is 1.62. The average molecular weight is 307 g/mol. The zero-order valence-electron chi connectivity index (χ0n) is 8.79. The minimum absolute atomic E-state index is 0.176. The molecule has 3 nitrogen and oxygen atoms in total. The molecule has 0 aliphatic carbocycles. The van der Waals surface area contributed by atoms with Gasteiger partial charge in [0.1, 0.15) is 11.6 Å². The number of hydrogen-bond donors (Lipinski definition) is 0. The molecule has 0 aromatic carbocycles. The van der Waals surface area contributed by atoms with Crippen LogP contribution >= 0.6 is 27.5 Å². The lowest BCUT2D eigenvalue weighted by Crippen LogP contribution is -2.26. The van der Waals surface area contributed by atoms with E-state index in [9.17, 15) is 0 Å². The van der Waals surface area contributed by atoms with E-state index in [1.165, 1.54) is 6.42 Å². The summed E-state index contributed by atoms with van der Waals surface area (Å²) in [6, 6.07) is 1.77. The molecule has 2 rings (SSSR count). The van der Waals surface area contributed by atoms with Gasteiger partial charge in [-0.15, -0.1) is 0 Å². The normalized spacial score (nSPS) is 20.8. The Morgan fingerprint density at radius 2 is 2.44 bits per heavy atom.